The Labute approximate surface area is 114 Å². The molecule has 1 fully saturated rings. The minimum Gasteiger partial charge on any atom is -0.469 e. The molecule has 4 nitrogen and oxygen atoms in total. The standard InChI is InChI=1S/C15H22O4/c1-5-8-9(6-2)11-7-10(8)12(14(16)18-3)13(11)15(17)19-4/h10-13H,5-7H2,1-4H3. The second kappa shape index (κ2) is 5.35. The first-order chi connectivity index (χ1) is 9.10. The number of ether oxygens (including phenoxy) is 2. The molecule has 0 aromatic heterocycles. The predicted molar refractivity (Wildman–Crippen MR) is 70.2 cm³/mol. The zero-order valence-corrected chi connectivity index (χ0v) is 12.1. The molecule has 0 saturated heterocycles. The van der Waals surface area contributed by atoms with Crippen LogP contribution >= 0.6 is 0 Å². The van der Waals surface area contributed by atoms with Gasteiger partial charge >= 0.3 is 11.9 Å². The van der Waals surface area contributed by atoms with Crippen molar-refractivity contribution in [1.82, 2.24) is 0 Å². The Morgan fingerprint density at radius 1 is 0.947 bits per heavy atom. The number of rotatable bonds is 4. The van der Waals surface area contributed by atoms with Gasteiger partial charge in [-0.3, -0.25) is 9.59 Å². The summed E-state index contributed by atoms with van der Waals surface area (Å²) < 4.78 is 9.81. The van der Waals surface area contributed by atoms with Gasteiger partial charge in [-0.15, -0.1) is 0 Å². The first kappa shape index (κ1) is 14.1. The highest BCUT2D eigenvalue weighted by Crippen LogP contribution is 2.57. The number of allylic oxidation sites excluding steroid dienone is 2. The summed E-state index contributed by atoms with van der Waals surface area (Å²) in [5.41, 5.74) is 2.73. The van der Waals surface area contributed by atoms with E-state index in [2.05, 4.69) is 13.8 Å². The van der Waals surface area contributed by atoms with Gasteiger partial charge in [-0.25, -0.2) is 0 Å². The Morgan fingerprint density at radius 3 is 1.58 bits per heavy atom. The molecule has 19 heavy (non-hydrogen) atoms. The molecule has 0 N–H and O–H groups in total. The van der Waals surface area contributed by atoms with Crippen LogP contribution in [0.4, 0.5) is 0 Å². The van der Waals surface area contributed by atoms with Gasteiger partial charge in [0.2, 0.25) is 0 Å². The Balaban J connectivity index is 2.41. The SMILES string of the molecule is CCC1=C(CC)C2CC1C(C(=O)OC)C2C(=O)OC. The minimum atomic E-state index is -0.354. The molecule has 4 atom stereocenters. The number of methoxy groups -OCH3 is 2. The molecule has 1 saturated carbocycles. The van der Waals surface area contributed by atoms with E-state index in [0.717, 1.165) is 19.3 Å². The van der Waals surface area contributed by atoms with Crippen LogP contribution in [0.5, 0.6) is 0 Å². The molecule has 0 heterocycles. The maximum atomic E-state index is 12.0. The van der Waals surface area contributed by atoms with Crippen LogP contribution in [0.25, 0.3) is 0 Å². The summed E-state index contributed by atoms with van der Waals surface area (Å²) in [6.45, 7) is 4.24. The second-order valence-corrected chi connectivity index (χ2v) is 5.30. The quantitative estimate of drug-likeness (QED) is 0.579. The molecule has 0 aromatic rings. The van der Waals surface area contributed by atoms with Crippen LogP contribution in [0.2, 0.25) is 0 Å². The Bertz CT molecular complexity index is 386. The van der Waals surface area contributed by atoms with Crippen LogP contribution in [0.3, 0.4) is 0 Å². The summed E-state index contributed by atoms with van der Waals surface area (Å²) in [5, 5.41) is 0. The Morgan fingerprint density at radius 2 is 1.32 bits per heavy atom. The zero-order chi connectivity index (χ0) is 14.2. The van der Waals surface area contributed by atoms with Gasteiger partial charge in [0.15, 0.2) is 0 Å². The molecule has 0 spiro atoms. The van der Waals surface area contributed by atoms with Crippen molar-refractivity contribution < 1.29 is 19.1 Å². The van der Waals surface area contributed by atoms with Gasteiger partial charge in [0, 0.05) is 0 Å². The van der Waals surface area contributed by atoms with Gasteiger partial charge in [0.05, 0.1) is 26.1 Å². The molecule has 2 rings (SSSR count). The molecule has 0 aliphatic heterocycles. The normalized spacial score (nSPS) is 32.6. The molecular formula is C15H22O4. The van der Waals surface area contributed by atoms with Gasteiger partial charge in [-0.05, 0) is 31.1 Å². The number of fused-ring (bicyclic) bond motifs is 2. The van der Waals surface area contributed by atoms with Crippen molar-refractivity contribution in [3.05, 3.63) is 11.1 Å². The van der Waals surface area contributed by atoms with Crippen molar-refractivity contribution in [2.75, 3.05) is 14.2 Å². The van der Waals surface area contributed by atoms with E-state index in [1.54, 1.807) is 0 Å². The van der Waals surface area contributed by atoms with Crippen molar-refractivity contribution in [2.45, 2.75) is 33.1 Å². The number of carbonyl (C=O) groups is 2. The molecule has 0 radical (unpaired) electrons. The highest BCUT2D eigenvalue weighted by atomic mass is 16.5. The van der Waals surface area contributed by atoms with Gasteiger partial charge in [0.25, 0.3) is 0 Å². The predicted octanol–water partition coefficient (Wildman–Crippen LogP) is 2.33. The second-order valence-electron chi connectivity index (χ2n) is 5.30. The van der Waals surface area contributed by atoms with Crippen molar-refractivity contribution in [1.29, 1.82) is 0 Å². The highest BCUT2D eigenvalue weighted by Gasteiger charge is 2.57. The lowest BCUT2D eigenvalue weighted by Crippen LogP contribution is -2.37. The third-order valence-corrected chi connectivity index (χ3v) is 4.78. The fourth-order valence-electron chi connectivity index (χ4n) is 4.13. The van der Waals surface area contributed by atoms with Gasteiger partial charge in [0.1, 0.15) is 0 Å². The topological polar surface area (TPSA) is 52.6 Å². The van der Waals surface area contributed by atoms with Crippen LogP contribution in [-0.4, -0.2) is 26.2 Å². The molecule has 4 heteroatoms. The lowest BCUT2D eigenvalue weighted by molar-refractivity contribution is -0.158. The molecule has 4 unspecified atom stereocenters. The van der Waals surface area contributed by atoms with Crippen molar-refractivity contribution in [3.63, 3.8) is 0 Å². The summed E-state index contributed by atoms with van der Waals surface area (Å²) in [4.78, 5) is 24.1. The van der Waals surface area contributed by atoms with E-state index in [1.165, 1.54) is 25.4 Å². The Hall–Kier alpha value is -1.32. The van der Waals surface area contributed by atoms with Crippen molar-refractivity contribution in [3.8, 4) is 0 Å². The zero-order valence-electron chi connectivity index (χ0n) is 12.1. The van der Waals surface area contributed by atoms with E-state index >= 15 is 0 Å². The first-order valence-electron chi connectivity index (χ1n) is 6.98. The molecule has 106 valence electrons. The molecular weight excluding hydrogens is 244 g/mol. The summed E-state index contributed by atoms with van der Waals surface area (Å²) in [6, 6.07) is 0. The minimum absolute atomic E-state index is 0.168. The average molecular weight is 266 g/mol. The molecule has 2 aliphatic rings. The number of hydrogen-bond acceptors (Lipinski definition) is 4. The van der Waals surface area contributed by atoms with Crippen molar-refractivity contribution in [2.24, 2.45) is 23.7 Å². The summed E-state index contributed by atoms with van der Waals surface area (Å²) in [5.74, 6) is -0.920. The van der Waals surface area contributed by atoms with E-state index in [1.807, 2.05) is 0 Å². The van der Waals surface area contributed by atoms with Crippen LogP contribution in [-0.2, 0) is 19.1 Å². The lowest BCUT2D eigenvalue weighted by atomic mass is 9.74. The third-order valence-electron chi connectivity index (χ3n) is 4.78. The number of hydrogen-bond donors (Lipinski definition) is 0. The summed E-state index contributed by atoms with van der Waals surface area (Å²) >= 11 is 0. The molecule has 0 amide bonds. The van der Waals surface area contributed by atoms with Crippen LogP contribution in [0.1, 0.15) is 33.1 Å². The van der Waals surface area contributed by atoms with Crippen LogP contribution in [0.15, 0.2) is 11.1 Å². The van der Waals surface area contributed by atoms with E-state index < -0.39 is 0 Å². The first-order valence-corrected chi connectivity index (χ1v) is 6.98. The maximum absolute atomic E-state index is 12.0. The van der Waals surface area contributed by atoms with Crippen molar-refractivity contribution >= 4 is 11.9 Å². The van der Waals surface area contributed by atoms with E-state index in [0.29, 0.717) is 0 Å². The number of carbonyl (C=O) groups excluding carboxylic acids is 2. The maximum Gasteiger partial charge on any atom is 0.310 e. The van der Waals surface area contributed by atoms with Gasteiger partial charge in [-0.1, -0.05) is 25.0 Å². The summed E-state index contributed by atoms with van der Waals surface area (Å²) in [6.07, 6.45) is 2.79. The van der Waals surface area contributed by atoms with E-state index in [4.69, 9.17) is 9.47 Å². The fraction of sp³-hybridized carbons (Fsp3) is 0.733. The van der Waals surface area contributed by atoms with E-state index in [-0.39, 0.29) is 35.6 Å². The van der Waals surface area contributed by atoms with Gasteiger partial charge in [-0.2, -0.15) is 0 Å². The Kier molecular flexibility index (Phi) is 3.97. The highest BCUT2D eigenvalue weighted by molar-refractivity contribution is 5.85. The average Bonchev–Trinajstić information content (AvgIpc) is 2.99. The molecule has 0 aromatic carbocycles. The van der Waals surface area contributed by atoms with E-state index in [9.17, 15) is 9.59 Å². The summed E-state index contributed by atoms with van der Waals surface area (Å²) in [7, 11) is 2.78. The van der Waals surface area contributed by atoms with Gasteiger partial charge < -0.3 is 9.47 Å². The number of esters is 2. The monoisotopic (exact) mass is 266 g/mol. The molecule has 2 bridgehead atoms. The molecule has 2 aliphatic carbocycles. The fourth-order valence-corrected chi connectivity index (χ4v) is 4.13. The largest absolute Gasteiger partial charge is 0.469 e. The van der Waals surface area contributed by atoms with Crippen LogP contribution in [0, 0.1) is 23.7 Å². The third kappa shape index (κ3) is 1.97. The van der Waals surface area contributed by atoms with Crippen LogP contribution < -0.4 is 0 Å². The smallest absolute Gasteiger partial charge is 0.310 e. The lowest BCUT2D eigenvalue weighted by Gasteiger charge is -2.30.